The van der Waals surface area contributed by atoms with Crippen LogP contribution >= 0.6 is 0 Å². The van der Waals surface area contributed by atoms with Gasteiger partial charge in [0.2, 0.25) is 10.0 Å². The van der Waals surface area contributed by atoms with Gasteiger partial charge in [0.05, 0.1) is 11.5 Å². The largest absolute Gasteiger partial charge is 0.399 e. The molecule has 1 aromatic rings. The number of ether oxygens (including phenoxy) is 1. The first-order valence-electron chi connectivity index (χ1n) is 5.38. The van der Waals surface area contributed by atoms with Crippen molar-refractivity contribution in [3.8, 4) is 0 Å². The molecule has 0 bridgehead atoms. The third-order valence-electron chi connectivity index (χ3n) is 2.34. The Labute approximate surface area is 102 Å². The van der Waals surface area contributed by atoms with Crippen LogP contribution in [0.25, 0.3) is 0 Å². The normalized spacial score (nSPS) is 11.9. The van der Waals surface area contributed by atoms with Crippen LogP contribution in [0.4, 0.5) is 5.69 Å². The molecule has 0 atom stereocenters. The highest BCUT2D eigenvalue weighted by Crippen LogP contribution is 2.15. The van der Waals surface area contributed by atoms with Gasteiger partial charge in [0.25, 0.3) is 0 Å². The van der Waals surface area contributed by atoms with E-state index in [2.05, 4.69) is 0 Å². The predicted octanol–water partition coefficient (Wildman–Crippen LogP) is 0.926. The molecule has 0 unspecified atom stereocenters. The zero-order chi connectivity index (χ0) is 12.9. The molecule has 96 valence electrons. The molecule has 1 rings (SSSR count). The van der Waals surface area contributed by atoms with Crippen LogP contribution in [-0.2, 0) is 14.8 Å². The molecule has 6 heteroatoms. The SMILES string of the molecule is CCOCCN(C)S(=O)(=O)c1ccc(N)cc1. The summed E-state index contributed by atoms with van der Waals surface area (Å²) >= 11 is 0. The Morgan fingerprint density at radius 1 is 1.29 bits per heavy atom. The van der Waals surface area contributed by atoms with Gasteiger partial charge in [-0.1, -0.05) is 0 Å². The fourth-order valence-electron chi connectivity index (χ4n) is 1.28. The second kappa shape index (κ2) is 6.00. The van der Waals surface area contributed by atoms with E-state index in [0.717, 1.165) is 0 Å². The summed E-state index contributed by atoms with van der Waals surface area (Å²) in [7, 11) is -1.91. The summed E-state index contributed by atoms with van der Waals surface area (Å²) in [6.07, 6.45) is 0. The van der Waals surface area contributed by atoms with Crippen LogP contribution in [0.15, 0.2) is 29.2 Å². The van der Waals surface area contributed by atoms with Gasteiger partial charge in [-0.25, -0.2) is 8.42 Å². The topological polar surface area (TPSA) is 72.6 Å². The maximum Gasteiger partial charge on any atom is 0.242 e. The highest BCUT2D eigenvalue weighted by molar-refractivity contribution is 7.89. The molecule has 5 nitrogen and oxygen atoms in total. The van der Waals surface area contributed by atoms with Gasteiger partial charge in [0.15, 0.2) is 0 Å². The average Bonchev–Trinajstić information content (AvgIpc) is 2.29. The Kier molecular flexibility index (Phi) is 4.92. The van der Waals surface area contributed by atoms with E-state index in [1.54, 1.807) is 12.1 Å². The van der Waals surface area contributed by atoms with Crippen LogP contribution in [0.3, 0.4) is 0 Å². The zero-order valence-electron chi connectivity index (χ0n) is 10.1. The van der Waals surface area contributed by atoms with Gasteiger partial charge in [-0.15, -0.1) is 0 Å². The van der Waals surface area contributed by atoms with Gasteiger partial charge in [0.1, 0.15) is 0 Å². The second-order valence-corrected chi connectivity index (χ2v) is 5.64. The molecule has 0 amide bonds. The van der Waals surface area contributed by atoms with Gasteiger partial charge in [0, 0.05) is 25.9 Å². The fourth-order valence-corrected chi connectivity index (χ4v) is 2.43. The summed E-state index contributed by atoms with van der Waals surface area (Å²) in [5.41, 5.74) is 6.06. The number of anilines is 1. The van der Waals surface area contributed by atoms with E-state index in [9.17, 15) is 8.42 Å². The number of hydrogen-bond acceptors (Lipinski definition) is 4. The molecule has 0 heterocycles. The molecule has 2 N–H and O–H groups in total. The van der Waals surface area contributed by atoms with Crippen LogP contribution in [-0.4, -0.2) is 39.5 Å². The quantitative estimate of drug-likeness (QED) is 0.608. The third-order valence-corrected chi connectivity index (χ3v) is 4.21. The van der Waals surface area contributed by atoms with Gasteiger partial charge in [-0.3, -0.25) is 0 Å². The van der Waals surface area contributed by atoms with Crippen molar-refractivity contribution in [2.45, 2.75) is 11.8 Å². The summed E-state index contributed by atoms with van der Waals surface area (Å²) in [6.45, 7) is 3.17. The Morgan fingerprint density at radius 3 is 2.41 bits per heavy atom. The summed E-state index contributed by atoms with van der Waals surface area (Å²) < 4.78 is 30.5. The molecule has 0 aliphatic carbocycles. The number of nitrogens with two attached hydrogens (primary N) is 1. The Bertz CT molecular complexity index is 442. The van der Waals surface area contributed by atoms with Crippen LogP contribution in [0.5, 0.6) is 0 Å². The Balaban J connectivity index is 2.76. The molecule has 0 saturated carbocycles. The fraction of sp³-hybridized carbons (Fsp3) is 0.455. The minimum atomic E-state index is -3.44. The van der Waals surface area contributed by atoms with Crippen LogP contribution in [0.1, 0.15) is 6.92 Å². The maximum atomic E-state index is 12.1. The summed E-state index contributed by atoms with van der Waals surface area (Å²) in [5.74, 6) is 0. The number of likely N-dealkylation sites (N-methyl/N-ethyl adjacent to an activating group) is 1. The van der Waals surface area contributed by atoms with Gasteiger partial charge >= 0.3 is 0 Å². The minimum absolute atomic E-state index is 0.241. The molecule has 17 heavy (non-hydrogen) atoms. The lowest BCUT2D eigenvalue weighted by Gasteiger charge is -2.17. The monoisotopic (exact) mass is 258 g/mol. The highest BCUT2D eigenvalue weighted by Gasteiger charge is 2.19. The van der Waals surface area contributed by atoms with Gasteiger partial charge in [-0.05, 0) is 31.2 Å². The van der Waals surface area contributed by atoms with E-state index in [4.69, 9.17) is 10.5 Å². The molecule has 1 aromatic carbocycles. The van der Waals surface area contributed by atoms with E-state index in [-0.39, 0.29) is 4.90 Å². The van der Waals surface area contributed by atoms with E-state index in [1.807, 2.05) is 6.92 Å². The number of rotatable bonds is 6. The van der Waals surface area contributed by atoms with Crippen LogP contribution < -0.4 is 5.73 Å². The standard InChI is InChI=1S/C11H18N2O3S/c1-3-16-9-8-13(2)17(14,15)11-6-4-10(12)5-7-11/h4-7H,3,8-9,12H2,1-2H3. The molecule has 0 saturated heterocycles. The first-order valence-corrected chi connectivity index (χ1v) is 6.82. The first kappa shape index (κ1) is 14.0. The van der Waals surface area contributed by atoms with Crippen molar-refractivity contribution in [3.63, 3.8) is 0 Å². The summed E-state index contributed by atoms with van der Waals surface area (Å²) in [4.78, 5) is 0.241. The van der Waals surface area contributed by atoms with Crippen molar-refractivity contribution >= 4 is 15.7 Å². The molecule has 0 fully saturated rings. The van der Waals surface area contributed by atoms with Crippen molar-refractivity contribution in [2.75, 3.05) is 32.5 Å². The Morgan fingerprint density at radius 2 is 1.88 bits per heavy atom. The van der Waals surface area contributed by atoms with E-state index < -0.39 is 10.0 Å². The lowest BCUT2D eigenvalue weighted by molar-refractivity contribution is 0.138. The van der Waals surface area contributed by atoms with Crippen LogP contribution in [0, 0.1) is 0 Å². The zero-order valence-corrected chi connectivity index (χ0v) is 10.9. The number of nitrogens with zero attached hydrogens (tertiary/aromatic N) is 1. The van der Waals surface area contributed by atoms with Crippen LogP contribution in [0.2, 0.25) is 0 Å². The second-order valence-electron chi connectivity index (χ2n) is 3.59. The molecular formula is C11H18N2O3S. The molecule has 0 radical (unpaired) electrons. The summed E-state index contributed by atoms with van der Waals surface area (Å²) in [5, 5.41) is 0. The van der Waals surface area contributed by atoms with Gasteiger partial charge < -0.3 is 10.5 Å². The molecule has 0 aliphatic heterocycles. The first-order chi connectivity index (χ1) is 7.98. The molecule has 0 aliphatic rings. The van der Waals surface area contributed by atoms with Gasteiger partial charge in [-0.2, -0.15) is 4.31 Å². The predicted molar refractivity (Wildman–Crippen MR) is 67.2 cm³/mol. The van der Waals surface area contributed by atoms with E-state index in [1.165, 1.54) is 23.5 Å². The number of benzene rings is 1. The third kappa shape index (κ3) is 3.69. The number of sulfonamides is 1. The number of nitrogen functional groups attached to an aromatic ring is 1. The van der Waals surface area contributed by atoms with Crippen molar-refractivity contribution in [3.05, 3.63) is 24.3 Å². The number of hydrogen-bond donors (Lipinski definition) is 1. The maximum absolute atomic E-state index is 12.1. The molecular weight excluding hydrogens is 240 g/mol. The average molecular weight is 258 g/mol. The lowest BCUT2D eigenvalue weighted by Crippen LogP contribution is -2.30. The van der Waals surface area contributed by atoms with Crippen molar-refractivity contribution in [1.29, 1.82) is 0 Å². The summed E-state index contributed by atoms with van der Waals surface area (Å²) in [6, 6.07) is 6.15. The van der Waals surface area contributed by atoms with E-state index in [0.29, 0.717) is 25.4 Å². The minimum Gasteiger partial charge on any atom is -0.399 e. The van der Waals surface area contributed by atoms with Crippen molar-refractivity contribution < 1.29 is 13.2 Å². The van der Waals surface area contributed by atoms with Crippen molar-refractivity contribution in [2.24, 2.45) is 0 Å². The van der Waals surface area contributed by atoms with Crippen molar-refractivity contribution in [1.82, 2.24) is 4.31 Å². The lowest BCUT2D eigenvalue weighted by atomic mass is 10.3. The Hall–Kier alpha value is -1.11. The molecule has 0 aromatic heterocycles. The van der Waals surface area contributed by atoms with E-state index >= 15 is 0 Å². The smallest absolute Gasteiger partial charge is 0.242 e. The molecule has 0 spiro atoms. The highest BCUT2D eigenvalue weighted by atomic mass is 32.2.